The summed E-state index contributed by atoms with van der Waals surface area (Å²) in [6.07, 6.45) is 6.78. The summed E-state index contributed by atoms with van der Waals surface area (Å²) < 4.78 is 0. The van der Waals surface area contributed by atoms with Gasteiger partial charge in [0, 0.05) is 6.54 Å². The lowest BCUT2D eigenvalue weighted by atomic mass is 9.82. The highest BCUT2D eigenvalue weighted by atomic mass is 35.5. The number of nitrogens with one attached hydrogen (secondary N) is 1. The average Bonchev–Trinajstić information content (AvgIpc) is 2.30. The molecule has 0 bridgehead atoms. The summed E-state index contributed by atoms with van der Waals surface area (Å²) in [4.78, 5) is 7.92. The van der Waals surface area contributed by atoms with Crippen LogP contribution in [0.5, 0.6) is 0 Å². The fourth-order valence-electron chi connectivity index (χ4n) is 2.46. The minimum Gasteiger partial charge on any atom is -0.368 e. The van der Waals surface area contributed by atoms with Crippen molar-refractivity contribution in [1.82, 2.24) is 9.97 Å². The number of hydrogen-bond acceptors (Lipinski definition) is 3. The Labute approximate surface area is 112 Å². The second kappa shape index (κ2) is 5.87. The first-order valence-corrected chi connectivity index (χ1v) is 6.82. The molecule has 1 aromatic rings. The summed E-state index contributed by atoms with van der Waals surface area (Å²) in [7, 11) is 0. The van der Waals surface area contributed by atoms with Gasteiger partial charge in [-0.15, -0.1) is 0 Å². The van der Waals surface area contributed by atoms with Gasteiger partial charge in [0.1, 0.15) is 10.8 Å². The van der Waals surface area contributed by atoms with Crippen LogP contribution in [-0.2, 0) is 0 Å². The van der Waals surface area contributed by atoms with Crippen LogP contribution in [0.15, 0.2) is 6.20 Å². The monoisotopic (exact) mass is 273 g/mol. The second-order valence-corrected chi connectivity index (χ2v) is 5.60. The number of aromatic nitrogens is 2. The molecule has 0 amide bonds. The van der Waals surface area contributed by atoms with Gasteiger partial charge in [0.25, 0.3) is 0 Å². The smallest absolute Gasteiger partial charge is 0.224 e. The molecule has 1 N–H and O–H groups in total. The van der Waals surface area contributed by atoms with Crippen LogP contribution < -0.4 is 5.32 Å². The summed E-state index contributed by atoms with van der Waals surface area (Å²) in [6, 6.07) is 0. The highest BCUT2D eigenvalue weighted by Crippen LogP contribution is 2.29. The van der Waals surface area contributed by atoms with E-state index in [1.54, 1.807) is 0 Å². The fraction of sp³-hybridized carbons (Fsp3) is 0.667. The third-order valence-corrected chi connectivity index (χ3v) is 3.78. The molecule has 17 heavy (non-hydrogen) atoms. The van der Waals surface area contributed by atoms with Crippen molar-refractivity contribution in [2.24, 2.45) is 11.8 Å². The van der Waals surface area contributed by atoms with E-state index in [0.717, 1.165) is 12.5 Å². The maximum Gasteiger partial charge on any atom is 0.224 e. The van der Waals surface area contributed by atoms with Crippen molar-refractivity contribution in [2.45, 2.75) is 32.6 Å². The van der Waals surface area contributed by atoms with Gasteiger partial charge in [0.15, 0.2) is 0 Å². The van der Waals surface area contributed by atoms with E-state index in [2.05, 4.69) is 22.2 Å². The third kappa shape index (κ3) is 3.71. The molecular weight excluding hydrogens is 257 g/mol. The van der Waals surface area contributed by atoms with Crippen LogP contribution >= 0.6 is 23.2 Å². The standard InChI is InChI=1S/C12H17Cl2N3/c1-8-3-2-4-9(5-8)6-15-11-10(13)7-16-12(14)17-11/h7-9H,2-6H2,1H3,(H,15,16,17). The fourth-order valence-corrected chi connectivity index (χ4v) is 2.75. The molecule has 1 saturated carbocycles. The van der Waals surface area contributed by atoms with Crippen LogP contribution in [0.25, 0.3) is 0 Å². The zero-order valence-corrected chi connectivity index (χ0v) is 11.4. The quantitative estimate of drug-likeness (QED) is 0.846. The summed E-state index contributed by atoms with van der Waals surface area (Å²) in [5.41, 5.74) is 0. The Kier molecular flexibility index (Phi) is 4.46. The lowest BCUT2D eigenvalue weighted by molar-refractivity contribution is 0.293. The molecule has 3 nitrogen and oxygen atoms in total. The van der Waals surface area contributed by atoms with Gasteiger partial charge in [-0.2, -0.15) is 4.98 Å². The van der Waals surface area contributed by atoms with E-state index >= 15 is 0 Å². The van der Waals surface area contributed by atoms with Gasteiger partial charge in [0.2, 0.25) is 5.28 Å². The first-order valence-electron chi connectivity index (χ1n) is 6.07. The molecule has 0 aliphatic heterocycles. The van der Waals surface area contributed by atoms with E-state index in [1.165, 1.54) is 31.9 Å². The van der Waals surface area contributed by atoms with E-state index < -0.39 is 0 Å². The van der Waals surface area contributed by atoms with Crippen LogP contribution in [0.3, 0.4) is 0 Å². The Morgan fingerprint density at radius 2 is 2.24 bits per heavy atom. The number of nitrogens with zero attached hydrogens (tertiary/aromatic N) is 2. The van der Waals surface area contributed by atoms with E-state index in [9.17, 15) is 0 Å². The molecule has 1 aromatic heterocycles. The third-order valence-electron chi connectivity index (χ3n) is 3.32. The first-order chi connectivity index (χ1) is 8.15. The zero-order chi connectivity index (χ0) is 12.3. The maximum atomic E-state index is 6.00. The number of rotatable bonds is 3. The molecule has 1 aliphatic carbocycles. The Balaban J connectivity index is 1.90. The Bertz CT molecular complexity index is 384. The minimum atomic E-state index is 0.230. The molecule has 2 unspecified atom stereocenters. The summed E-state index contributed by atoms with van der Waals surface area (Å²) in [6.45, 7) is 3.23. The molecule has 94 valence electrons. The molecule has 0 radical (unpaired) electrons. The predicted molar refractivity (Wildman–Crippen MR) is 71.7 cm³/mol. The molecule has 0 aromatic carbocycles. The molecule has 0 saturated heterocycles. The van der Waals surface area contributed by atoms with Crippen LogP contribution in [0.2, 0.25) is 10.3 Å². The Morgan fingerprint density at radius 1 is 1.41 bits per heavy atom. The summed E-state index contributed by atoms with van der Waals surface area (Å²) in [5, 5.41) is 4.03. The molecule has 1 heterocycles. The van der Waals surface area contributed by atoms with Crippen LogP contribution in [-0.4, -0.2) is 16.5 Å². The van der Waals surface area contributed by atoms with Gasteiger partial charge in [-0.25, -0.2) is 4.98 Å². The average molecular weight is 274 g/mol. The molecule has 2 atom stereocenters. The highest BCUT2D eigenvalue weighted by Gasteiger charge is 2.19. The molecule has 2 rings (SSSR count). The van der Waals surface area contributed by atoms with Gasteiger partial charge >= 0.3 is 0 Å². The van der Waals surface area contributed by atoms with Crippen molar-refractivity contribution < 1.29 is 0 Å². The van der Waals surface area contributed by atoms with Crippen molar-refractivity contribution in [3.8, 4) is 0 Å². The molecular formula is C12H17Cl2N3. The number of anilines is 1. The Morgan fingerprint density at radius 3 is 3.00 bits per heavy atom. The second-order valence-electron chi connectivity index (χ2n) is 4.85. The van der Waals surface area contributed by atoms with Crippen molar-refractivity contribution in [3.63, 3.8) is 0 Å². The van der Waals surface area contributed by atoms with Gasteiger partial charge in [-0.3, -0.25) is 0 Å². The van der Waals surface area contributed by atoms with Crippen LogP contribution in [0.4, 0.5) is 5.82 Å². The lowest BCUT2D eigenvalue weighted by Crippen LogP contribution is -2.21. The normalized spacial score (nSPS) is 24.6. The zero-order valence-electron chi connectivity index (χ0n) is 9.92. The molecule has 1 fully saturated rings. The Hall–Kier alpha value is -0.540. The van der Waals surface area contributed by atoms with E-state index in [0.29, 0.717) is 16.8 Å². The summed E-state index contributed by atoms with van der Waals surface area (Å²) >= 11 is 11.7. The van der Waals surface area contributed by atoms with Gasteiger partial charge in [0.05, 0.1) is 6.20 Å². The van der Waals surface area contributed by atoms with Crippen LogP contribution in [0, 0.1) is 11.8 Å². The van der Waals surface area contributed by atoms with Crippen molar-refractivity contribution in [3.05, 3.63) is 16.5 Å². The number of halogens is 2. The predicted octanol–water partition coefficient (Wildman–Crippen LogP) is 4.02. The van der Waals surface area contributed by atoms with Crippen LogP contribution in [0.1, 0.15) is 32.6 Å². The topological polar surface area (TPSA) is 37.8 Å². The largest absolute Gasteiger partial charge is 0.368 e. The first kappa shape index (κ1) is 12.9. The van der Waals surface area contributed by atoms with Gasteiger partial charge in [-0.05, 0) is 36.3 Å². The van der Waals surface area contributed by atoms with Gasteiger partial charge < -0.3 is 5.32 Å². The SMILES string of the molecule is CC1CCCC(CNc2nc(Cl)ncc2Cl)C1. The van der Waals surface area contributed by atoms with E-state index in [-0.39, 0.29) is 5.28 Å². The molecule has 1 aliphatic rings. The highest BCUT2D eigenvalue weighted by molar-refractivity contribution is 6.33. The van der Waals surface area contributed by atoms with E-state index in [1.807, 2.05) is 0 Å². The van der Waals surface area contributed by atoms with Crippen molar-refractivity contribution >= 4 is 29.0 Å². The maximum absolute atomic E-state index is 6.00. The molecule has 5 heteroatoms. The lowest BCUT2D eigenvalue weighted by Gasteiger charge is -2.27. The minimum absolute atomic E-state index is 0.230. The summed E-state index contributed by atoms with van der Waals surface area (Å²) in [5.74, 6) is 2.19. The molecule has 0 spiro atoms. The number of hydrogen-bond donors (Lipinski definition) is 1. The van der Waals surface area contributed by atoms with Crippen molar-refractivity contribution in [2.75, 3.05) is 11.9 Å². The van der Waals surface area contributed by atoms with Gasteiger partial charge in [-0.1, -0.05) is 31.4 Å². The van der Waals surface area contributed by atoms with E-state index in [4.69, 9.17) is 23.2 Å². The van der Waals surface area contributed by atoms with Crippen molar-refractivity contribution in [1.29, 1.82) is 0 Å².